The van der Waals surface area contributed by atoms with E-state index in [0.29, 0.717) is 13.0 Å². The third-order valence-corrected chi connectivity index (χ3v) is 3.30. The van der Waals surface area contributed by atoms with Crippen LogP contribution in [-0.2, 0) is 4.79 Å². The number of aromatic hydroxyl groups is 1. The van der Waals surface area contributed by atoms with E-state index < -0.39 is 23.5 Å². The average molecular weight is 266 g/mol. The van der Waals surface area contributed by atoms with Crippen molar-refractivity contribution in [3.8, 4) is 5.75 Å². The number of phenolic OH excluding ortho intramolecular Hbond substituents is 1. The molecule has 1 aliphatic heterocycles. The van der Waals surface area contributed by atoms with Gasteiger partial charge in [0.1, 0.15) is 11.6 Å². The second kappa shape index (κ2) is 5.36. The van der Waals surface area contributed by atoms with Crippen LogP contribution in [0.2, 0.25) is 0 Å². The summed E-state index contributed by atoms with van der Waals surface area (Å²) in [5, 5.41) is 9.56. The number of primary amides is 1. The molecule has 6 heteroatoms. The fourth-order valence-electron chi connectivity index (χ4n) is 2.34. The number of amides is 1. The molecule has 1 amide bonds. The first-order valence-electron chi connectivity index (χ1n) is 6.04. The highest BCUT2D eigenvalue weighted by atomic mass is 19.1. The molecule has 0 radical (unpaired) electrons. The Labute approximate surface area is 109 Å². The molecular weight excluding hydrogens is 251 g/mol. The van der Waals surface area contributed by atoms with Gasteiger partial charge < -0.3 is 10.8 Å². The highest BCUT2D eigenvalue weighted by Crippen LogP contribution is 2.21. The van der Waals surface area contributed by atoms with Crippen molar-refractivity contribution in [3.05, 3.63) is 29.6 Å². The number of halogens is 1. The van der Waals surface area contributed by atoms with Crippen LogP contribution in [0, 0.1) is 5.82 Å². The summed E-state index contributed by atoms with van der Waals surface area (Å²) in [6.45, 7) is 0.542. The predicted octanol–water partition coefficient (Wildman–Crippen LogP) is 0.664. The molecule has 102 valence electrons. The number of hydrogen-bond acceptors (Lipinski definition) is 4. The van der Waals surface area contributed by atoms with Gasteiger partial charge in [0.2, 0.25) is 5.91 Å². The van der Waals surface area contributed by atoms with Crippen molar-refractivity contribution in [3.63, 3.8) is 0 Å². The Bertz CT molecular complexity index is 519. The molecule has 0 bridgehead atoms. The first kappa shape index (κ1) is 13.5. The lowest BCUT2D eigenvalue weighted by Crippen LogP contribution is -2.42. The van der Waals surface area contributed by atoms with E-state index in [2.05, 4.69) is 0 Å². The summed E-state index contributed by atoms with van der Waals surface area (Å²) in [7, 11) is 0. The average Bonchev–Trinajstić information content (AvgIpc) is 2.80. The number of nitrogens with zero attached hydrogens (tertiary/aromatic N) is 1. The molecule has 19 heavy (non-hydrogen) atoms. The quantitative estimate of drug-likeness (QED) is 0.784. The van der Waals surface area contributed by atoms with E-state index in [0.717, 1.165) is 24.6 Å². The maximum absolute atomic E-state index is 13.1. The summed E-state index contributed by atoms with van der Waals surface area (Å²) < 4.78 is 13.1. The van der Waals surface area contributed by atoms with E-state index in [9.17, 15) is 19.1 Å². The Morgan fingerprint density at radius 1 is 1.47 bits per heavy atom. The zero-order valence-electron chi connectivity index (χ0n) is 10.3. The van der Waals surface area contributed by atoms with E-state index in [-0.39, 0.29) is 17.9 Å². The van der Waals surface area contributed by atoms with Gasteiger partial charge in [0.15, 0.2) is 5.78 Å². The van der Waals surface area contributed by atoms with Crippen molar-refractivity contribution < 1.29 is 19.1 Å². The van der Waals surface area contributed by atoms with Crippen LogP contribution < -0.4 is 5.73 Å². The van der Waals surface area contributed by atoms with Crippen LogP contribution >= 0.6 is 0 Å². The number of phenols is 1. The number of benzene rings is 1. The predicted molar refractivity (Wildman–Crippen MR) is 66.2 cm³/mol. The minimum absolute atomic E-state index is 0.0510. The van der Waals surface area contributed by atoms with Gasteiger partial charge in [-0.05, 0) is 37.6 Å². The van der Waals surface area contributed by atoms with Crippen molar-refractivity contribution in [2.24, 2.45) is 5.73 Å². The van der Waals surface area contributed by atoms with Crippen LogP contribution in [0.5, 0.6) is 5.75 Å². The topological polar surface area (TPSA) is 83.6 Å². The van der Waals surface area contributed by atoms with Crippen molar-refractivity contribution in [2.45, 2.75) is 18.9 Å². The van der Waals surface area contributed by atoms with Gasteiger partial charge in [0.25, 0.3) is 0 Å². The lowest BCUT2D eigenvalue weighted by molar-refractivity contribution is -0.122. The molecule has 1 aromatic carbocycles. The van der Waals surface area contributed by atoms with Crippen molar-refractivity contribution >= 4 is 11.7 Å². The molecule has 5 nitrogen and oxygen atoms in total. The number of likely N-dealkylation sites (tertiary alicyclic amines) is 1. The molecule has 0 aromatic heterocycles. The number of hydrogen-bond donors (Lipinski definition) is 2. The smallest absolute Gasteiger partial charge is 0.234 e. The second-order valence-corrected chi connectivity index (χ2v) is 4.62. The van der Waals surface area contributed by atoms with E-state index in [1.54, 1.807) is 4.90 Å². The number of nitrogens with two attached hydrogens (primary N) is 1. The third kappa shape index (κ3) is 2.90. The Balaban J connectivity index is 2.12. The normalized spacial score (nSPS) is 19.5. The van der Waals surface area contributed by atoms with E-state index in [1.807, 2.05) is 0 Å². The van der Waals surface area contributed by atoms with Gasteiger partial charge in [0.05, 0.1) is 18.2 Å². The number of carbonyl (C=O) groups is 2. The van der Waals surface area contributed by atoms with E-state index >= 15 is 0 Å². The molecule has 0 spiro atoms. The molecule has 3 N–H and O–H groups in total. The van der Waals surface area contributed by atoms with Crippen molar-refractivity contribution in [2.75, 3.05) is 13.1 Å². The molecule has 1 saturated heterocycles. The minimum atomic E-state index is -0.589. The van der Waals surface area contributed by atoms with Crippen LogP contribution in [0.25, 0.3) is 0 Å². The lowest BCUT2D eigenvalue weighted by atomic mass is 10.1. The molecular formula is C13H15FN2O3. The van der Waals surface area contributed by atoms with Gasteiger partial charge in [-0.2, -0.15) is 0 Å². The Kier molecular flexibility index (Phi) is 3.80. The Morgan fingerprint density at radius 2 is 2.21 bits per heavy atom. The summed E-state index contributed by atoms with van der Waals surface area (Å²) in [5.41, 5.74) is 5.18. The zero-order valence-corrected chi connectivity index (χ0v) is 10.3. The van der Waals surface area contributed by atoms with Crippen LogP contribution in [0.4, 0.5) is 4.39 Å². The maximum Gasteiger partial charge on any atom is 0.234 e. The standard InChI is InChI=1S/C13H15FN2O3/c14-8-3-4-11(17)9(6-8)12(18)7-16-5-1-2-10(16)13(15)19/h3-4,6,10,17H,1-2,5,7H2,(H2,15,19). The SMILES string of the molecule is NC(=O)C1CCCN1CC(=O)c1cc(F)ccc1O. The Hall–Kier alpha value is -1.95. The first-order chi connectivity index (χ1) is 8.99. The second-order valence-electron chi connectivity index (χ2n) is 4.62. The van der Waals surface area contributed by atoms with E-state index in [1.165, 1.54) is 0 Å². The molecule has 0 aliphatic carbocycles. The summed E-state index contributed by atoms with van der Waals surface area (Å²) in [6.07, 6.45) is 1.41. The van der Waals surface area contributed by atoms with Gasteiger partial charge >= 0.3 is 0 Å². The van der Waals surface area contributed by atoms with Crippen molar-refractivity contribution in [1.29, 1.82) is 0 Å². The lowest BCUT2D eigenvalue weighted by Gasteiger charge is -2.20. The van der Waals surface area contributed by atoms with Crippen LogP contribution in [0.15, 0.2) is 18.2 Å². The molecule has 1 aliphatic rings. The van der Waals surface area contributed by atoms with Gasteiger partial charge in [-0.3, -0.25) is 14.5 Å². The zero-order chi connectivity index (χ0) is 14.0. The molecule has 1 unspecified atom stereocenters. The largest absolute Gasteiger partial charge is 0.507 e. The number of Topliss-reactive ketones (excluding diaryl/α,β-unsaturated/α-hetero) is 1. The highest BCUT2D eigenvalue weighted by Gasteiger charge is 2.30. The molecule has 0 saturated carbocycles. The van der Waals surface area contributed by atoms with Crippen LogP contribution in [-0.4, -0.2) is 40.8 Å². The van der Waals surface area contributed by atoms with Gasteiger partial charge in [-0.15, -0.1) is 0 Å². The van der Waals surface area contributed by atoms with Crippen molar-refractivity contribution in [1.82, 2.24) is 4.90 Å². The first-order valence-corrected chi connectivity index (χ1v) is 6.04. The summed E-state index contributed by atoms with van der Waals surface area (Å²) in [4.78, 5) is 24.9. The molecule has 2 rings (SSSR count). The van der Waals surface area contributed by atoms with Crippen LogP contribution in [0.1, 0.15) is 23.2 Å². The summed E-state index contributed by atoms with van der Waals surface area (Å²) >= 11 is 0. The number of carbonyl (C=O) groups excluding carboxylic acids is 2. The summed E-state index contributed by atoms with van der Waals surface area (Å²) in [6, 6.07) is 2.75. The third-order valence-electron chi connectivity index (χ3n) is 3.30. The molecule has 1 heterocycles. The minimum Gasteiger partial charge on any atom is -0.507 e. The monoisotopic (exact) mass is 266 g/mol. The van der Waals surface area contributed by atoms with Gasteiger partial charge in [-0.1, -0.05) is 0 Å². The highest BCUT2D eigenvalue weighted by molar-refractivity contribution is 6.00. The van der Waals surface area contributed by atoms with E-state index in [4.69, 9.17) is 5.73 Å². The van der Waals surface area contributed by atoms with Gasteiger partial charge in [0, 0.05) is 0 Å². The fraction of sp³-hybridized carbons (Fsp3) is 0.385. The number of rotatable bonds is 4. The molecule has 1 aromatic rings. The van der Waals surface area contributed by atoms with Crippen LogP contribution in [0.3, 0.4) is 0 Å². The molecule has 1 atom stereocenters. The maximum atomic E-state index is 13.1. The van der Waals surface area contributed by atoms with Gasteiger partial charge in [-0.25, -0.2) is 4.39 Å². The summed E-state index contributed by atoms with van der Waals surface area (Å²) in [5.74, 6) is -1.74. The number of ketones is 1. The molecule has 1 fully saturated rings. The Morgan fingerprint density at radius 3 is 2.89 bits per heavy atom. The fourth-order valence-corrected chi connectivity index (χ4v) is 2.34.